The molecular formula is C19H24Cl2N4O2. The fourth-order valence-corrected chi connectivity index (χ4v) is 3.06. The van der Waals surface area contributed by atoms with E-state index >= 15 is 0 Å². The standard InChI is InChI=1S/C19H22N4O2.2ClH/c1-13-4-5-16(20)11-17(13)22-18(24)15-3-2-10-23(12-15)19(25)14-6-8-21-9-7-14;;/h4-9,11,15H,2-3,10,12,20H2,1H3,(H,22,24);2*1H. The van der Waals surface area contributed by atoms with Crippen molar-refractivity contribution in [3.63, 3.8) is 0 Å². The number of anilines is 2. The number of nitrogens with one attached hydrogen (secondary N) is 1. The SMILES string of the molecule is Cc1ccc(N)cc1NC(=O)C1CCCN(C(=O)c2ccncc2)C1.Cl.Cl. The smallest absolute Gasteiger partial charge is 0.253 e. The second-order valence-corrected chi connectivity index (χ2v) is 6.39. The summed E-state index contributed by atoms with van der Waals surface area (Å²) in [6.07, 6.45) is 4.78. The molecule has 1 aromatic heterocycles. The highest BCUT2D eigenvalue weighted by atomic mass is 35.5. The summed E-state index contributed by atoms with van der Waals surface area (Å²) in [4.78, 5) is 30.9. The molecule has 1 atom stereocenters. The molecule has 0 radical (unpaired) electrons. The zero-order chi connectivity index (χ0) is 17.8. The molecule has 0 aliphatic carbocycles. The van der Waals surface area contributed by atoms with E-state index in [1.54, 1.807) is 41.6 Å². The molecule has 146 valence electrons. The molecule has 27 heavy (non-hydrogen) atoms. The minimum atomic E-state index is -0.222. The van der Waals surface area contributed by atoms with Crippen LogP contribution in [-0.4, -0.2) is 34.8 Å². The molecule has 1 aliphatic rings. The summed E-state index contributed by atoms with van der Waals surface area (Å²) in [6.45, 7) is 3.02. The summed E-state index contributed by atoms with van der Waals surface area (Å²) < 4.78 is 0. The predicted octanol–water partition coefficient (Wildman–Crippen LogP) is 3.31. The number of halogens is 2. The molecule has 3 rings (SSSR count). The van der Waals surface area contributed by atoms with Crippen molar-refractivity contribution in [3.8, 4) is 0 Å². The Morgan fingerprint density at radius 3 is 2.59 bits per heavy atom. The highest BCUT2D eigenvalue weighted by Gasteiger charge is 2.29. The predicted molar refractivity (Wildman–Crippen MR) is 112 cm³/mol. The Labute approximate surface area is 171 Å². The van der Waals surface area contributed by atoms with E-state index in [1.165, 1.54) is 0 Å². The number of pyridine rings is 1. The molecule has 1 aromatic carbocycles. The number of likely N-dealkylation sites (tertiary alicyclic amines) is 1. The molecular weight excluding hydrogens is 387 g/mol. The van der Waals surface area contributed by atoms with Crippen molar-refractivity contribution in [3.05, 3.63) is 53.9 Å². The zero-order valence-electron chi connectivity index (χ0n) is 15.1. The number of aromatic nitrogens is 1. The van der Waals surface area contributed by atoms with Crippen LogP contribution >= 0.6 is 24.8 Å². The van der Waals surface area contributed by atoms with Crippen LogP contribution in [0.15, 0.2) is 42.7 Å². The van der Waals surface area contributed by atoms with Gasteiger partial charge in [0.2, 0.25) is 5.91 Å². The van der Waals surface area contributed by atoms with Crippen LogP contribution in [0.25, 0.3) is 0 Å². The van der Waals surface area contributed by atoms with Gasteiger partial charge in [-0.25, -0.2) is 0 Å². The van der Waals surface area contributed by atoms with Gasteiger partial charge in [0.05, 0.1) is 5.92 Å². The summed E-state index contributed by atoms with van der Waals surface area (Å²) in [5.74, 6) is -0.346. The van der Waals surface area contributed by atoms with Crippen molar-refractivity contribution in [2.45, 2.75) is 19.8 Å². The first-order valence-corrected chi connectivity index (χ1v) is 8.41. The molecule has 0 saturated carbocycles. The quantitative estimate of drug-likeness (QED) is 0.759. The van der Waals surface area contributed by atoms with Gasteiger partial charge in [0, 0.05) is 42.4 Å². The average Bonchev–Trinajstić information content (AvgIpc) is 2.65. The molecule has 0 bridgehead atoms. The summed E-state index contributed by atoms with van der Waals surface area (Å²) in [5, 5.41) is 2.95. The van der Waals surface area contributed by atoms with Crippen molar-refractivity contribution in [1.82, 2.24) is 9.88 Å². The number of carbonyl (C=O) groups excluding carboxylic acids is 2. The van der Waals surface area contributed by atoms with E-state index in [4.69, 9.17) is 5.73 Å². The van der Waals surface area contributed by atoms with Gasteiger partial charge in [-0.05, 0) is 49.6 Å². The zero-order valence-corrected chi connectivity index (χ0v) is 16.7. The maximum atomic E-state index is 12.6. The third-order valence-corrected chi connectivity index (χ3v) is 4.53. The van der Waals surface area contributed by atoms with Gasteiger partial charge in [-0.2, -0.15) is 0 Å². The molecule has 1 fully saturated rings. The van der Waals surface area contributed by atoms with Crippen LogP contribution in [0.4, 0.5) is 11.4 Å². The number of amides is 2. The second kappa shape index (κ2) is 10.1. The first-order chi connectivity index (χ1) is 12.0. The van der Waals surface area contributed by atoms with Gasteiger partial charge in [0.25, 0.3) is 5.91 Å². The number of carbonyl (C=O) groups is 2. The summed E-state index contributed by atoms with van der Waals surface area (Å²) in [6, 6.07) is 8.84. The summed E-state index contributed by atoms with van der Waals surface area (Å²) >= 11 is 0. The number of nitrogen functional groups attached to an aromatic ring is 1. The lowest BCUT2D eigenvalue weighted by molar-refractivity contribution is -0.121. The summed E-state index contributed by atoms with van der Waals surface area (Å²) in [7, 11) is 0. The number of nitrogens with zero attached hydrogens (tertiary/aromatic N) is 2. The maximum Gasteiger partial charge on any atom is 0.253 e. The highest BCUT2D eigenvalue weighted by Crippen LogP contribution is 2.23. The molecule has 3 N–H and O–H groups in total. The van der Waals surface area contributed by atoms with Crippen LogP contribution in [0.3, 0.4) is 0 Å². The normalized spacial score (nSPS) is 15.9. The minimum Gasteiger partial charge on any atom is -0.399 e. The minimum absolute atomic E-state index is 0. The molecule has 8 heteroatoms. The number of nitrogens with two attached hydrogens (primary N) is 1. The Balaban J connectivity index is 0.00000182. The number of hydrogen-bond donors (Lipinski definition) is 2. The van der Waals surface area contributed by atoms with Gasteiger partial charge < -0.3 is 16.0 Å². The van der Waals surface area contributed by atoms with Crippen LogP contribution in [0.2, 0.25) is 0 Å². The van der Waals surface area contributed by atoms with E-state index in [1.807, 2.05) is 13.0 Å². The van der Waals surface area contributed by atoms with E-state index < -0.39 is 0 Å². The number of piperidine rings is 1. The average molecular weight is 411 g/mol. The second-order valence-electron chi connectivity index (χ2n) is 6.39. The molecule has 2 aromatic rings. The third kappa shape index (κ3) is 5.58. The lowest BCUT2D eigenvalue weighted by Gasteiger charge is -2.32. The molecule has 1 unspecified atom stereocenters. The van der Waals surface area contributed by atoms with Gasteiger partial charge in [0.1, 0.15) is 0 Å². The number of aryl methyl sites for hydroxylation is 1. The van der Waals surface area contributed by atoms with Crippen molar-refractivity contribution >= 4 is 48.0 Å². The first-order valence-electron chi connectivity index (χ1n) is 8.41. The van der Waals surface area contributed by atoms with Gasteiger partial charge in [-0.3, -0.25) is 14.6 Å². The Kier molecular flexibility index (Phi) is 8.53. The van der Waals surface area contributed by atoms with E-state index in [9.17, 15) is 9.59 Å². The Hall–Kier alpha value is -2.31. The highest BCUT2D eigenvalue weighted by molar-refractivity contribution is 5.96. The Morgan fingerprint density at radius 1 is 1.19 bits per heavy atom. The van der Waals surface area contributed by atoms with Crippen molar-refractivity contribution in [2.75, 3.05) is 24.1 Å². The van der Waals surface area contributed by atoms with Gasteiger partial charge in [0.15, 0.2) is 0 Å². The van der Waals surface area contributed by atoms with Crippen molar-refractivity contribution in [2.24, 2.45) is 5.92 Å². The van der Waals surface area contributed by atoms with Crippen molar-refractivity contribution < 1.29 is 9.59 Å². The monoisotopic (exact) mass is 410 g/mol. The largest absolute Gasteiger partial charge is 0.399 e. The van der Waals surface area contributed by atoms with Crippen LogP contribution < -0.4 is 11.1 Å². The van der Waals surface area contributed by atoms with E-state index in [-0.39, 0.29) is 42.5 Å². The fraction of sp³-hybridized carbons (Fsp3) is 0.316. The van der Waals surface area contributed by atoms with Gasteiger partial charge in [-0.1, -0.05) is 6.07 Å². The van der Waals surface area contributed by atoms with Crippen LogP contribution in [0.1, 0.15) is 28.8 Å². The number of rotatable bonds is 3. The van der Waals surface area contributed by atoms with Crippen LogP contribution in [0.5, 0.6) is 0 Å². The Bertz CT molecular complexity index is 787. The van der Waals surface area contributed by atoms with E-state index in [0.717, 1.165) is 24.1 Å². The van der Waals surface area contributed by atoms with Crippen LogP contribution in [-0.2, 0) is 4.79 Å². The van der Waals surface area contributed by atoms with Crippen molar-refractivity contribution in [1.29, 1.82) is 0 Å². The molecule has 2 amide bonds. The van der Waals surface area contributed by atoms with Crippen LogP contribution in [0, 0.1) is 12.8 Å². The van der Waals surface area contributed by atoms with Gasteiger partial charge in [-0.15, -0.1) is 24.8 Å². The first kappa shape index (κ1) is 22.7. The molecule has 1 saturated heterocycles. The van der Waals surface area contributed by atoms with E-state index in [0.29, 0.717) is 24.3 Å². The lowest BCUT2D eigenvalue weighted by atomic mass is 9.96. The fourth-order valence-electron chi connectivity index (χ4n) is 3.06. The lowest BCUT2D eigenvalue weighted by Crippen LogP contribution is -2.43. The topological polar surface area (TPSA) is 88.3 Å². The van der Waals surface area contributed by atoms with Gasteiger partial charge >= 0.3 is 0 Å². The maximum absolute atomic E-state index is 12.6. The number of hydrogen-bond acceptors (Lipinski definition) is 4. The molecule has 0 spiro atoms. The Morgan fingerprint density at radius 2 is 1.89 bits per heavy atom. The number of benzene rings is 1. The molecule has 1 aliphatic heterocycles. The molecule has 6 nitrogen and oxygen atoms in total. The third-order valence-electron chi connectivity index (χ3n) is 4.53. The summed E-state index contributed by atoms with van der Waals surface area (Å²) in [5.41, 5.74) is 8.69. The molecule has 2 heterocycles. The van der Waals surface area contributed by atoms with E-state index in [2.05, 4.69) is 10.3 Å².